The summed E-state index contributed by atoms with van der Waals surface area (Å²) in [6, 6.07) is 1.87. The van der Waals surface area contributed by atoms with Gasteiger partial charge in [-0.1, -0.05) is 6.92 Å². The molecule has 1 fully saturated rings. The molecule has 0 aliphatic carbocycles. The Morgan fingerprint density at radius 3 is 2.78 bits per heavy atom. The van der Waals surface area contributed by atoms with Crippen molar-refractivity contribution in [1.29, 1.82) is 0 Å². The lowest BCUT2D eigenvalue weighted by Crippen LogP contribution is -2.50. The SMILES string of the molecule is CCC(O)CN1CCN(C(=O)c2cnn3ccc(C)nc23)CC1. The van der Waals surface area contributed by atoms with Crippen molar-refractivity contribution in [3.63, 3.8) is 0 Å². The summed E-state index contributed by atoms with van der Waals surface area (Å²) in [7, 11) is 0. The molecule has 1 unspecified atom stereocenters. The van der Waals surface area contributed by atoms with E-state index in [1.54, 1.807) is 10.7 Å². The maximum atomic E-state index is 12.7. The Balaban J connectivity index is 1.68. The van der Waals surface area contributed by atoms with E-state index in [9.17, 15) is 9.90 Å². The topological polar surface area (TPSA) is 74.0 Å². The Kier molecular flexibility index (Phi) is 4.58. The monoisotopic (exact) mass is 317 g/mol. The van der Waals surface area contributed by atoms with E-state index in [0.29, 0.717) is 30.8 Å². The van der Waals surface area contributed by atoms with Crippen LogP contribution >= 0.6 is 0 Å². The molecule has 1 aliphatic rings. The molecule has 0 radical (unpaired) electrons. The number of amides is 1. The number of nitrogens with zero attached hydrogens (tertiary/aromatic N) is 5. The predicted octanol–water partition coefficient (Wildman–Crippen LogP) is 0.566. The van der Waals surface area contributed by atoms with Gasteiger partial charge < -0.3 is 10.0 Å². The number of piperazine rings is 1. The van der Waals surface area contributed by atoms with Crippen LogP contribution in [0.15, 0.2) is 18.5 Å². The van der Waals surface area contributed by atoms with E-state index in [-0.39, 0.29) is 12.0 Å². The van der Waals surface area contributed by atoms with Gasteiger partial charge in [-0.3, -0.25) is 9.69 Å². The van der Waals surface area contributed by atoms with Crippen LogP contribution in [0.5, 0.6) is 0 Å². The van der Waals surface area contributed by atoms with Crippen molar-refractivity contribution in [3.05, 3.63) is 29.7 Å². The van der Waals surface area contributed by atoms with Crippen molar-refractivity contribution in [2.24, 2.45) is 0 Å². The molecule has 23 heavy (non-hydrogen) atoms. The van der Waals surface area contributed by atoms with Crippen LogP contribution in [-0.2, 0) is 0 Å². The zero-order valence-electron chi connectivity index (χ0n) is 13.6. The highest BCUT2D eigenvalue weighted by Gasteiger charge is 2.25. The number of carbonyl (C=O) groups excluding carboxylic acids is 1. The number of rotatable bonds is 4. The van der Waals surface area contributed by atoms with Crippen molar-refractivity contribution in [2.45, 2.75) is 26.4 Å². The smallest absolute Gasteiger partial charge is 0.259 e. The molecule has 2 aromatic rings. The molecule has 7 heteroatoms. The van der Waals surface area contributed by atoms with Crippen molar-refractivity contribution in [1.82, 2.24) is 24.4 Å². The van der Waals surface area contributed by atoms with Gasteiger partial charge in [0.1, 0.15) is 5.56 Å². The minimum Gasteiger partial charge on any atom is -0.392 e. The number of β-amino-alcohol motifs (C(OH)–C–C–N with tert-alkyl or cyclic N) is 1. The van der Waals surface area contributed by atoms with Crippen molar-refractivity contribution in [3.8, 4) is 0 Å². The van der Waals surface area contributed by atoms with Gasteiger partial charge in [-0.25, -0.2) is 9.50 Å². The number of hydrogen-bond acceptors (Lipinski definition) is 5. The molecule has 3 rings (SSSR count). The molecule has 0 aromatic carbocycles. The molecule has 124 valence electrons. The van der Waals surface area contributed by atoms with Crippen molar-refractivity contribution >= 4 is 11.6 Å². The molecule has 1 atom stereocenters. The summed E-state index contributed by atoms with van der Waals surface area (Å²) < 4.78 is 1.63. The summed E-state index contributed by atoms with van der Waals surface area (Å²) in [5.41, 5.74) is 2.03. The van der Waals surface area contributed by atoms with E-state index in [1.807, 2.05) is 31.0 Å². The van der Waals surface area contributed by atoms with Crippen molar-refractivity contribution < 1.29 is 9.90 Å². The lowest BCUT2D eigenvalue weighted by atomic mass is 10.2. The first-order chi connectivity index (χ1) is 11.1. The molecule has 1 aliphatic heterocycles. The number of carbonyl (C=O) groups is 1. The van der Waals surface area contributed by atoms with Gasteiger partial charge in [0.05, 0.1) is 12.3 Å². The van der Waals surface area contributed by atoms with Gasteiger partial charge in [-0.2, -0.15) is 5.10 Å². The normalized spacial score (nSPS) is 17.6. The quantitative estimate of drug-likeness (QED) is 0.892. The maximum Gasteiger partial charge on any atom is 0.259 e. The Bertz CT molecular complexity index is 691. The van der Waals surface area contributed by atoms with Crippen LogP contribution in [0.4, 0.5) is 0 Å². The molecule has 3 heterocycles. The second-order valence-corrected chi connectivity index (χ2v) is 6.05. The number of aryl methyl sites for hydroxylation is 1. The number of fused-ring (bicyclic) bond motifs is 1. The predicted molar refractivity (Wildman–Crippen MR) is 86.4 cm³/mol. The Morgan fingerprint density at radius 2 is 2.09 bits per heavy atom. The van der Waals surface area contributed by atoms with Crippen LogP contribution < -0.4 is 0 Å². The third kappa shape index (κ3) is 3.35. The Hall–Kier alpha value is -1.99. The van der Waals surface area contributed by atoms with E-state index in [1.165, 1.54) is 0 Å². The number of aliphatic hydroxyl groups is 1. The van der Waals surface area contributed by atoms with Gasteiger partial charge >= 0.3 is 0 Å². The zero-order valence-corrected chi connectivity index (χ0v) is 13.6. The zero-order chi connectivity index (χ0) is 16.4. The Morgan fingerprint density at radius 1 is 1.35 bits per heavy atom. The van der Waals surface area contributed by atoms with Crippen molar-refractivity contribution in [2.75, 3.05) is 32.7 Å². The molecule has 0 bridgehead atoms. The number of hydrogen-bond donors (Lipinski definition) is 1. The number of aliphatic hydroxyl groups excluding tert-OH is 1. The summed E-state index contributed by atoms with van der Waals surface area (Å²) in [5, 5.41) is 13.9. The van der Waals surface area contributed by atoms with Gasteiger partial charge in [-0.05, 0) is 19.4 Å². The number of aromatic nitrogens is 3. The van der Waals surface area contributed by atoms with Gasteiger partial charge in [-0.15, -0.1) is 0 Å². The summed E-state index contributed by atoms with van der Waals surface area (Å²) in [5.74, 6) is -0.0196. The third-order valence-corrected chi connectivity index (χ3v) is 4.34. The van der Waals surface area contributed by atoms with Crippen LogP contribution in [0.3, 0.4) is 0 Å². The van der Waals surface area contributed by atoms with E-state index in [2.05, 4.69) is 15.0 Å². The molecule has 1 N–H and O–H groups in total. The lowest BCUT2D eigenvalue weighted by Gasteiger charge is -2.35. The van der Waals surface area contributed by atoms with E-state index in [0.717, 1.165) is 25.2 Å². The first kappa shape index (κ1) is 15.9. The highest BCUT2D eigenvalue weighted by atomic mass is 16.3. The fraction of sp³-hybridized carbons (Fsp3) is 0.562. The largest absolute Gasteiger partial charge is 0.392 e. The first-order valence-electron chi connectivity index (χ1n) is 8.09. The molecule has 2 aromatic heterocycles. The highest BCUT2D eigenvalue weighted by molar-refractivity contribution is 5.99. The fourth-order valence-electron chi connectivity index (χ4n) is 2.84. The molecular formula is C16H23N5O2. The minimum atomic E-state index is -0.288. The van der Waals surface area contributed by atoms with Crippen LogP contribution in [-0.4, -0.2) is 74.2 Å². The molecular weight excluding hydrogens is 294 g/mol. The van der Waals surface area contributed by atoms with E-state index >= 15 is 0 Å². The molecule has 7 nitrogen and oxygen atoms in total. The van der Waals surface area contributed by atoms with Crippen LogP contribution in [0.1, 0.15) is 29.4 Å². The van der Waals surface area contributed by atoms with Crippen LogP contribution in [0.25, 0.3) is 5.65 Å². The average Bonchev–Trinajstić information content (AvgIpc) is 2.97. The highest BCUT2D eigenvalue weighted by Crippen LogP contribution is 2.14. The second-order valence-electron chi connectivity index (χ2n) is 6.05. The minimum absolute atomic E-state index is 0.0196. The molecule has 1 saturated heterocycles. The van der Waals surface area contributed by atoms with Gasteiger partial charge in [0.25, 0.3) is 5.91 Å². The Labute approximate surface area is 135 Å². The summed E-state index contributed by atoms with van der Waals surface area (Å²) >= 11 is 0. The van der Waals surface area contributed by atoms with Crippen LogP contribution in [0.2, 0.25) is 0 Å². The van der Waals surface area contributed by atoms with Gasteiger partial charge in [0.2, 0.25) is 0 Å². The first-order valence-corrected chi connectivity index (χ1v) is 8.09. The standard InChI is InChI=1S/C16H23N5O2/c1-3-13(22)11-19-6-8-20(9-7-19)16(23)14-10-17-21-5-4-12(2)18-15(14)21/h4-5,10,13,22H,3,6-9,11H2,1-2H3. The van der Waals surface area contributed by atoms with E-state index < -0.39 is 0 Å². The molecule has 0 spiro atoms. The fourth-order valence-corrected chi connectivity index (χ4v) is 2.84. The third-order valence-electron chi connectivity index (χ3n) is 4.34. The van der Waals surface area contributed by atoms with Gasteiger partial charge in [0.15, 0.2) is 5.65 Å². The van der Waals surface area contributed by atoms with E-state index in [4.69, 9.17) is 0 Å². The maximum absolute atomic E-state index is 12.7. The lowest BCUT2D eigenvalue weighted by molar-refractivity contribution is 0.0525. The molecule has 0 saturated carbocycles. The molecule has 1 amide bonds. The summed E-state index contributed by atoms with van der Waals surface area (Å²) in [6.45, 7) is 7.46. The average molecular weight is 317 g/mol. The summed E-state index contributed by atoms with van der Waals surface area (Å²) in [6.07, 6.45) is 3.88. The second kappa shape index (κ2) is 6.64. The van der Waals surface area contributed by atoms with Gasteiger partial charge in [0, 0.05) is 44.6 Å². The summed E-state index contributed by atoms with van der Waals surface area (Å²) in [4.78, 5) is 21.2. The van der Waals surface area contributed by atoms with Crippen LogP contribution in [0, 0.1) is 6.92 Å².